The van der Waals surface area contributed by atoms with Gasteiger partial charge in [-0.3, -0.25) is 14.6 Å². The largest absolute Gasteiger partial charge is 0.486 e. The fourth-order valence-electron chi connectivity index (χ4n) is 2.79. The second-order valence-electron chi connectivity index (χ2n) is 5.96. The lowest BCUT2D eigenvalue weighted by molar-refractivity contribution is 0.0997. The van der Waals surface area contributed by atoms with Gasteiger partial charge in [0.25, 0.3) is 10.9 Å². The number of hydrogen-bond acceptors (Lipinski definition) is 7. The van der Waals surface area contributed by atoms with Gasteiger partial charge in [0.15, 0.2) is 11.5 Å². The molecule has 1 atom stereocenters. The summed E-state index contributed by atoms with van der Waals surface area (Å²) in [5, 5.41) is 5.99. The fourth-order valence-corrected chi connectivity index (χ4v) is 2.79. The summed E-state index contributed by atoms with van der Waals surface area (Å²) in [4.78, 5) is 27.9. The van der Waals surface area contributed by atoms with Crippen LogP contribution >= 0.6 is 0 Å². The molecule has 3 aromatic rings. The van der Waals surface area contributed by atoms with Gasteiger partial charge < -0.3 is 20.1 Å². The van der Waals surface area contributed by atoms with Gasteiger partial charge in [-0.1, -0.05) is 18.2 Å². The molecule has 7 nitrogen and oxygen atoms in total. The van der Waals surface area contributed by atoms with Crippen LogP contribution in [0.2, 0.25) is 0 Å². The first-order valence-corrected chi connectivity index (χ1v) is 8.32. The predicted octanol–water partition coefficient (Wildman–Crippen LogP) is 1.54. The van der Waals surface area contributed by atoms with Crippen LogP contribution in [-0.2, 0) is 6.54 Å². The van der Waals surface area contributed by atoms with Crippen molar-refractivity contribution >= 4 is 11.4 Å². The Hall–Kier alpha value is -3.35. The number of anilines is 2. The summed E-state index contributed by atoms with van der Waals surface area (Å²) < 4.78 is 11.5. The summed E-state index contributed by atoms with van der Waals surface area (Å²) in [6.45, 7) is 1.10. The van der Waals surface area contributed by atoms with Crippen molar-refractivity contribution in [3.8, 4) is 11.5 Å². The van der Waals surface area contributed by atoms with Crippen LogP contribution in [0.15, 0.2) is 58.3 Å². The number of fused-ring (bicyclic) bond motifs is 1. The van der Waals surface area contributed by atoms with Crippen molar-refractivity contribution in [3.63, 3.8) is 0 Å². The van der Waals surface area contributed by atoms with E-state index in [0.29, 0.717) is 31.2 Å². The van der Waals surface area contributed by atoms with Gasteiger partial charge in [-0.2, -0.15) is 0 Å². The van der Waals surface area contributed by atoms with Crippen LogP contribution in [0.3, 0.4) is 0 Å². The lowest BCUT2D eigenvalue weighted by atomic mass is 10.1. The topological polar surface area (TPSA) is 89.6 Å². The Morgan fingerprint density at radius 2 is 1.69 bits per heavy atom. The van der Waals surface area contributed by atoms with Crippen molar-refractivity contribution in [2.75, 3.05) is 23.8 Å². The summed E-state index contributed by atoms with van der Waals surface area (Å²) in [5.41, 5.74) is 0.318. The van der Waals surface area contributed by atoms with Gasteiger partial charge in [-0.25, -0.2) is 0 Å². The second kappa shape index (κ2) is 6.87. The van der Waals surface area contributed by atoms with Crippen molar-refractivity contribution < 1.29 is 9.47 Å². The molecular weight excluding hydrogens is 334 g/mol. The van der Waals surface area contributed by atoms with E-state index in [0.717, 1.165) is 5.69 Å². The van der Waals surface area contributed by atoms with Crippen molar-refractivity contribution in [1.82, 2.24) is 4.98 Å². The molecule has 1 aliphatic rings. The van der Waals surface area contributed by atoms with Crippen molar-refractivity contribution in [2.24, 2.45) is 0 Å². The lowest BCUT2D eigenvalue weighted by Crippen LogP contribution is -2.41. The van der Waals surface area contributed by atoms with E-state index >= 15 is 0 Å². The van der Waals surface area contributed by atoms with Crippen LogP contribution in [0.4, 0.5) is 11.4 Å². The standard InChI is InChI=1S/C19H17N3O4/c23-18-16(21-9-12-5-3-4-8-20-12)17(19(18)24)22-10-13-11-25-14-6-1-2-7-15(14)26-13/h1-8,13,21-22H,9-11H2. The molecule has 0 amide bonds. The van der Waals surface area contributed by atoms with Crippen LogP contribution < -0.4 is 31.0 Å². The maximum Gasteiger partial charge on any atom is 0.253 e. The first kappa shape index (κ1) is 16.1. The van der Waals surface area contributed by atoms with Crippen molar-refractivity contribution in [3.05, 3.63) is 74.8 Å². The Bertz CT molecular complexity index is 980. The molecule has 2 heterocycles. The third-order valence-electron chi connectivity index (χ3n) is 4.16. The molecule has 4 rings (SSSR count). The summed E-state index contributed by atoms with van der Waals surface area (Å²) in [5.74, 6) is 1.37. The zero-order valence-electron chi connectivity index (χ0n) is 13.9. The van der Waals surface area contributed by atoms with Gasteiger partial charge in [0.05, 0.1) is 18.8 Å². The molecule has 1 aliphatic heterocycles. The normalized spacial score (nSPS) is 15.6. The minimum Gasteiger partial charge on any atom is -0.486 e. The average molecular weight is 351 g/mol. The first-order valence-electron chi connectivity index (χ1n) is 8.32. The summed E-state index contributed by atoms with van der Waals surface area (Å²) in [7, 11) is 0. The van der Waals surface area contributed by atoms with Crippen LogP contribution in [0.25, 0.3) is 0 Å². The highest BCUT2D eigenvalue weighted by atomic mass is 16.6. The first-order chi connectivity index (χ1) is 12.7. The molecule has 0 fully saturated rings. The van der Waals surface area contributed by atoms with Crippen LogP contribution in [-0.4, -0.2) is 24.2 Å². The number of nitrogens with zero attached hydrogens (tertiary/aromatic N) is 1. The number of ether oxygens (including phenoxy) is 2. The molecule has 1 unspecified atom stereocenters. The second-order valence-corrected chi connectivity index (χ2v) is 5.96. The van der Waals surface area contributed by atoms with Crippen molar-refractivity contribution in [2.45, 2.75) is 12.6 Å². The van der Waals surface area contributed by atoms with Gasteiger partial charge in [0, 0.05) is 6.20 Å². The summed E-state index contributed by atoms with van der Waals surface area (Å²) >= 11 is 0. The molecule has 0 spiro atoms. The Kier molecular flexibility index (Phi) is 4.27. The number of benzene rings is 1. The van der Waals surface area contributed by atoms with Gasteiger partial charge >= 0.3 is 0 Å². The monoisotopic (exact) mass is 351 g/mol. The third kappa shape index (κ3) is 3.11. The number of pyridine rings is 1. The molecular formula is C19H17N3O4. The average Bonchev–Trinajstić information content (AvgIpc) is 2.70. The molecule has 1 aromatic heterocycles. The summed E-state index contributed by atoms with van der Waals surface area (Å²) in [6, 6.07) is 12.9. The van der Waals surface area contributed by atoms with E-state index in [9.17, 15) is 9.59 Å². The highest BCUT2D eigenvalue weighted by Crippen LogP contribution is 2.31. The van der Waals surface area contributed by atoms with Crippen LogP contribution in [0, 0.1) is 0 Å². The Morgan fingerprint density at radius 3 is 2.46 bits per heavy atom. The zero-order valence-corrected chi connectivity index (χ0v) is 13.9. The smallest absolute Gasteiger partial charge is 0.253 e. The van der Waals surface area contributed by atoms with E-state index in [-0.39, 0.29) is 17.5 Å². The van der Waals surface area contributed by atoms with Gasteiger partial charge in [0.2, 0.25) is 0 Å². The molecule has 2 N–H and O–H groups in total. The van der Waals surface area contributed by atoms with Gasteiger partial charge in [-0.15, -0.1) is 0 Å². The van der Waals surface area contributed by atoms with Gasteiger partial charge in [-0.05, 0) is 24.3 Å². The molecule has 2 aromatic carbocycles. The zero-order chi connectivity index (χ0) is 17.9. The molecule has 0 aliphatic carbocycles. The van der Waals surface area contributed by atoms with Crippen LogP contribution in [0.1, 0.15) is 5.69 Å². The Morgan fingerprint density at radius 1 is 0.962 bits per heavy atom. The maximum absolute atomic E-state index is 11.9. The molecule has 26 heavy (non-hydrogen) atoms. The van der Waals surface area contributed by atoms with Crippen LogP contribution in [0.5, 0.6) is 11.5 Å². The fraction of sp³-hybridized carbons (Fsp3) is 0.211. The highest BCUT2D eigenvalue weighted by molar-refractivity contribution is 5.74. The Balaban J connectivity index is 1.38. The minimum absolute atomic E-state index is 0.252. The third-order valence-corrected chi connectivity index (χ3v) is 4.16. The number of para-hydroxylation sites is 2. The minimum atomic E-state index is -0.523. The molecule has 0 saturated heterocycles. The number of hydrogen-bond donors (Lipinski definition) is 2. The van der Waals surface area contributed by atoms with E-state index in [1.54, 1.807) is 6.20 Å². The van der Waals surface area contributed by atoms with E-state index in [2.05, 4.69) is 15.6 Å². The van der Waals surface area contributed by atoms with Gasteiger partial charge in [0.1, 0.15) is 24.1 Å². The molecule has 132 valence electrons. The SMILES string of the molecule is O=c1c(NCc2ccccn2)c(NCC2COc3ccccc3O2)c1=O. The number of rotatable bonds is 6. The van der Waals surface area contributed by atoms with E-state index < -0.39 is 10.9 Å². The Labute approximate surface area is 149 Å². The molecule has 0 bridgehead atoms. The molecule has 0 saturated carbocycles. The van der Waals surface area contributed by atoms with Crippen molar-refractivity contribution in [1.29, 1.82) is 0 Å². The summed E-state index contributed by atoms with van der Waals surface area (Å²) in [6.07, 6.45) is 1.43. The molecule has 0 radical (unpaired) electrons. The van der Waals surface area contributed by atoms with E-state index in [4.69, 9.17) is 9.47 Å². The van der Waals surface area contributed by atoms with E-state index in [1.807, 2.05) is 42.5 Å². The van der Waals surface area contributed by atoms with E-state index in [1.165, 1.54) is 0 Å². The molecule has 7 heteroatoms. The predicted molar refractivity (Wildman–Crippen MR) is 97.8 cm³/mol. The maximum atomic E-state index is 11.9. The number of aromatic nitrogens is 1. The lowest BCUT2D eigenvalue weighted by Gasteiger charge is -2.27. The quantitative estimate of drug-likeness (QED) is 0.651. The highest BCUT2D eigenvalue weighted by Gasteiger charge is 2.24. The number of nitrogens with one attached hydrogen (secondary N) is 2.